The van der Waals surface area contributed by atoms with E-state index < -0.39 is 17.8 Å². The number of hydrogen-bond acceptors (Lipinski definition) is 3. The molecule has 1 rings (SSSR count). The van der Waals surface area contributed by atoms with E-state index in [4.69, 9.17) is 16.3 Å². The fourth-order valence-corrected chi connectivity index (χ4v) is 2.05. The van der Waals surface area contributed by atoms with Crippen molar-refractivity contribution in [2.45, 2.75) is 45.8 Å². The van der Waals surface area contributed by atoms with Crippen molar-refractivity contribution in [1.82, 2.24) is 4.90 Å². The first-order chi connectivity index (χ1) is 9.60. The van der Waals surface area contributed by atoms with E-state index in [9.17, 15) is 9.90 Å². The van der Waals surface area contributed by atoms with Gasteiger partial charge < -0.3 is 14.7 Å². The zero-order chi connectivity index (χ0) is 16.2. The van der Waals surface area contributed by atoms with Crippen LogP contribution in [0.5, 0.6) is 0 Å². The number of aliphatic hydroxyl groups is 1. The first-order valence-electron chi connectivity index (χ1n) is 6.98. The van der Waals surface area contributed by atoms with Gasteiger partial charge in [0.25, 0.3) is 0 Å². The van der Waals surface area contributed by atoms with Gasteiger partial charge in [0.05, 0.1) is 6.10 Å². The van der Waals surface area contributed by atoms with Crippen molar-refractivity contribution in [1.29, 1.82) is 0 Å². The van der Waals surface area contributed by atoms with E-state index in [0.717, 1.165) is 11.1 Å². The summed E-state index contributed by atoms with van der Waals surface area (Å²) in [6.45, 7) is 7.79. The van der Waals surface area contributed by atoms with E-state index in [1.54, 1.807) is 19.2 Å². The summed E-state index contributed by atoms with van der Waals surface area (Å²) in [5, 5.41) is 10.8. The predicted molar refractivity (Wildman–Crippen MR) is 84.6 cm³/mol. The molecule has 0 aliphatic carbocycles. The van der Waals surface area contributed by atoms with E-state index >= 15 is 0 Å². The van der Waals surface area contributed by atoms with Crippen LogP contribution >= 0.6 is 11.6 Å². The lowest BCUT2D eigenvalue weighted by Crippen LogP contribution is -2.35. The summed E-state index contributed by atoms with van der Waals surface area (Å²) < 4.78 is 5.26. The van der Waals surface area contributed by atoms with Crippen molar-refractivity contribution in [3.05, 3.63) is 34.3 Å². The Morgan fingerprint density at radius 2 is 2.05 bits per heavy atom. The highest BCUT2D eigenvalue weighted by molar-refractivity contribution is 6.30. The minimum atomic E-state index is -0.659. The van der Waals surface area contributed by atoms with Crippen LogP contribution in [0.15, 0.2) is 18.2 Å². The maximum atomic E-state index is 11.8. The molecule has 118 valence electrons. The molecule has 0 spiro atoms. The average Bonchev–Trinajstić information content (AvgIpc) is 2.36. The number of nitrogens with zero attached hydrogens (tertiary/aromatic N) is 1. The number of ether oxygens (including phenoxy) is 1. The van der Waals surface area contributed by atoms with Gasteiger partial charge in [0.1, 0.15) is 5.60 Å². The van der Waals surface area contributed by atoms with Gasteiger partial charge in [0, 0.05) is 18.6 Å². The molecule has 1 atom stereocenters. The highest BCUT2D eigenvalue weighted by atomic mass is 35.5. The molecule has 5 heteroatoms. The third-order valence-corrected chi connectivity index (χ3v) is 3.28. The average molecular weight is 314 g/mol. The topological polar surface area (TPSA) is 49.8 Å². The molecule has 1 aromatic carbocycles. The molecule has 0 fully saturated rings. The highest BCUT2D eigenvalue weighted by Crippen LogP contribution is 2.24. The van der Waals surface area contributed by atoms with Gasteiger partial charge >= 0.3 is 6.09 Å². The Morgan fingerprint density at radius 3 is 2.62 bits per heavy atom. The monoisotopic (exact) mass is 313 g/mol. The number of carbonyl (C=O) groups excluding carboxylic acids is 1. The smallest absolute Gasteiger partial charge is 0.410 e. The number of aliphatic hydroxyl groups excluding tert-OH is 1. The summed E-state index contributed by atoms with van der Waals surface area (Å²) in [6.07, 6.45) is -0.622. The SMILES string of the molecule is Cc1ccc(Cl)cc1C(O)CCN(C)C(=O)OC(C)(C)C. The maximum absolute atomic E-state index is 11.8. The minimum Gasteiger partial charge on any atom is -0.444 e. The van der Waals surface area contributed by atoms with E-state index in [0.29, 0.717) is 18.0 Å². The lowest BCUT2D eigenvalue weighted by Gasteiger charge is -2.25. The molecule has 0 aliphatic heterocycles. The normalized spacial score (nSPS) is 12.9. The quantitative estimate of drug-likeness (QED) is 0.916. The third kappa shape index (κ3) is 5.94. The molecule has 1 aromatic rings. The van der Waals surface area contributed by atoms with Crippen LogP contribution in [0.3, 0.4) is 0 Å². The fraction of sp³-hybridized carbons (Fsp3) is 0.562. The first-order valence-corrected chi connectivity index (χ1v) is 7.36. The molecule has 0 bridgehead atoms. The van der Waals surface area contributed by atoms with E-state index in [2.05, 4.69) is 0 Å². The zero-order valence-electron chi connectivity index (χ0n) is 13.3. The van der Waals surface area contributed by atoms with E-state index in [-0.39, 0.29) is 0 Å². The Bertz CT molecular complexity index is 497. The molecular formula is C16H24ClNO3. The second-order valence-corrected chi connectivity index (χ2v) is 6.64. The largest absolute Gasteiger partial charge is 0.444 e. The molecule has 0 aromatic heterocycles. The summed E-state index contributed by atoms with van der Waals surface area (Å²) in [5.74, 6) is 0. The summed E-state index contributed by atoms with van der Waals surface area (Å²) in [7, 11) is 1.66. The molecule has 0 heterocycles. The Labute approximate surface area is 131 Å². The molecule has 21 heavy (non-hydrogen) atoms. The number of benzene rings is 1. The molecule has 4 nitrogen and oxygen atoms in total. The maximum Gasteiger partial charge on any atom is 0.410 e. The van der Waals surface area contributed by atoms with Gasteiger partial charge in [-0.3, -0.25) is 0 Å². The van der Waals surface area contributed by atoms with Crippen molar-refractivity contribution >= 4 is 17.7 Å². The first kappa shape index (κ1) is 17.8. The van der Waals surface area contributed by atoms with Gasteiger partial charge in [-0.1, -0.05) is 17.7 Å². The second kappa shape index (κ2) is 7.14. The van der Waals surface area contributed by atoms with Gasteiger partial charge in [-0.25, -0.2) is 4.79 Å². The lowest BCUT2D eigenvalue weighted by atomic mass is 10.0. The van der Waals surface area contributed by atoms with Crippen molar-refractivity contribution in [3.8, 4) is 0 Å². The van der Waals surface area contributed by atoms with Crippen LogP contribution in [0, 0.1) is 6.92 Å². The highest BCUT2D eigenvalue weighted by Gasteiger charge is 2.20. The Balaban J connectivity index is 2.58. The summed E-state index contributed by atoms with van der Waals surface area (Å²) >= 11 is 5.95. The van der Waals surface area contributed by atoms with Crippen LogP contribution in [-0.4, -0.2) is 35.3 Å². The van der Waals surface area contributed by atoms with Crippen LogP contribution in [0.25, 0.3) is 0 Å². The van der Waals surface area contributed by atoms with Crippen LogP contribution in [0.4, 0.5) is 4.79 Å². The van der Waals surface area contributed by atoms with Gasteiger partial charge in [0.2, 0.25) is 0 Å². The lowest BCUT2D eigenvalue weighted by molar-refractivity contribution is 0.0273. The molecule has 1 N–H and O–H groups in total. The van der Waals surface area contributed by atoms with Crippen molar-refractivity contribution in [3.63, 3.8) is 0 Å². The van der Waals surface area contributed by atoms with Crippen LogP contribution in [-0.2, 0) is 4.74 Å². The second-order valence-electron chi connectivity index (χ2n) is 6.21. The molecule has 0 saturated carbocycles. The number of carbonyl (C=O) groups is 1. The van der Waals surface area contributed by atoms with Crippen molar-refractivity contribution in [2.75, 3.05) is 13.6 Å². The van der Waals surface area contributed by atoms with E-state index in [1.165, 1.54) is 4.90 Å². The molecule has 0 saturated heterocycles. The van der Waals surface area contributed by atoms with Gasteiger partial charge in [-0.05, 0) is 57.4 Å². The number of halogens is 1. The van der Waals surface area contributed by atoms with Gasteiger partial charge in [-0.2, -0.15) is 0 Å². The molecular weight excluding hydrogens is 290 g/mol. The molecule has 1 unspecified atom stereocenters. The van der Waals surface area contributed by atoms with Gasteiger partial charge in [0.15, 0.2) is 0 Å². The predicted octanol–water partition coefficient (Wildman–Crippen LogP) is 3.94. The molecule has 0 aliphatic rings. The summed E-state index contributed by atoms with van der Waals surface area (Å²) in [4.78, 5) is 13.3. The standard InChI is InChI=1S/C16H24ClNO3/c1-11-6-7-12(17)10-13(11)14(19)8-9-18(5)15(20)21-16(2,3)4/h6-7,10,14,19H,8-9H2,1-5H3. The third-order valence-electron chi connectivity index (χ3n) is 3.04. The van der Waals surface area contributed by atoms with Gasteiger partial charge in [-0.15, -0.1) is 0 Å². The number of aryl methyl sites for hydroxylation is 1. The van der Waals surface area contributed by atoms with Crippen molar-refractivity contribution < 1.29 is 14.6 Å². The van der Waals surface area contributed by atoms with Crippen LogP contribution < -0.4 is 0 Å². The summed E-state index contributed by atoms with van der Waals surface area (Å²) in [5.41, 5.74) is 1.25. The fourth-order valence-electron chi connectivity index (χ4n) is 1.87. The Morgan fingerprint density at radius 1 is 1.43 bits per heavy atom. The Hall–Kier alpha value is -1.26. The van der Waals surface area contributed by atoms with Crippen LogP contribution in [0.1, 0.15) is 44.4 Å². The van der Waals surface area contributed by atoms with E-state index in [1.807, 2.05) is 33.8 Å². The summed E-state index contributed by atoms with van der Waals surface area (Å²) in [6, 6.07) is 5.42. The molecule has 0 radical (unpaired) electrons. The minimum absolute atomic E-state index is 0.391. The number of rotatable bonds is 4. The number of amides is 1. The van der Waals surface area contributed by atoms with Crippen molar-refractivity contribution in [2.24, 2.45) is 0 Å². The zero-order valence-corrected chi connectivity index (χ0v) is 14.1. The Kier molecular flexibility index (Phi) is 6.05. The number of hydrogen-bond donors (Lipinski definition) is 1. The molecule has 1 amide bonds. The van der Waals surface area contributed by atoms with Crippen LogP contribution in [0.2, 0.25) is 5.02 Å².